The molecule has 1 aromatic heterocycles. The summed E-state index contributed by atoms with van der Waals surface area (Å²) in [6.07, 6.45) is 3.04. The van der Waals surface area contributed by atoms with Crippen molar-refractivity contribution in [2.24, 2.45) is 4.99 Å². The molecule has 1 atom stereocenters. The van der Waals surface area contributed by atoms with Crippen LogP contribution in [0, 0.1) is 11.3 Å². The number of methoxy groups -OCH3 is 2. The number of nitriles is 1. The van der Waals surface area contributed by atoms with Crippen molar-refractivity contribution in [2.45, 2.75) is 39.3 Å². The molecule has 0 fully saturated rings. The van der Waals surface area contributed by atoms with Crippen LogP contribution in [0.4, 0.5) is 0 Å². The summed E-state index contributed by atoms with van der Waals surface area (Å²) in [4.78, 5) is 33.0. The largest absolute Gasteiger partial charge is 0.496 e. The van der Waals surface area contributed by atoms with Gasteiger partial charge in [0.25, 0.3) is 5.56 Å². The van der Waals surface area contributed by atoms with Crippen LogP contribution in [0.3, 0.4) is 0 Å². The number of thiazole rings is 1. The molecule has 0 bridgehead atoms. The lowest BCUT2D eigenvalue weighted by atomic mass is 9.93. The minimum Gasteiger partial charge on any atom is -0.496 e. The molecule has 0 unspecified atom stereocenters. The second-order valence-corrected chi connectivity index (χ2v) is 12.2. The normalized spacial score (nSPS) is 14.3. The Labute approximate surface area is 278 Å². The molecule has 0 saturated heterocycles. The van der Waals surface area contributed by atoms with Crippen molar-refractivity contribution in [2.75, 3.05) is 20.8 Å². The van der Waals surface area contributed by atoms with Crippen LogP contribution in [-0.2, 0) is 16.1 Å². The number of hydrogen-bond donors (Lipinski definition) is 0. The molecule has 0 amide bonds. The van der Waals surface area contributed by atoms with Crippen LogP contribution in [0.1, 0.15) is 55.0 Å². The van der Waals surface area contributed by atoms with Gasteiger partial charge in [0.05, 0.1) is 48.3 Å². The Morgan fingerprint density at radius 2 is 1.83 bits per heavy atom. The number of ether oxygens (including phenoxy) is 4. The molecule has 4 aromatic rings. The van der Waals surface area contributed by atoms with Gasteiger partial charge in [-0.3, -0.25) is 9.36 Å². The van der Waals surface area contributed by atoms with E-state index in [4.69, 9.17) is 23.9 Å². The van der Waals surface area contributed by atoms with Gasteiger partial charge in [0.15, 0.2) is 16.3 Å². The summed E-state index contributed by atoms with van der Waals surface area (Å²) in [5.41, 5.74) is 3.25. The van der Waals surface area contributed by atoms with Gasteiger partial charge in [0, 0.05) is 15.6 Å². The Hall–Kier alpha value is -4.66. The highest BCUT2D eigenvalue weighted by Gasteiger charge is 2.36. The van der Waals surface area contributed by atoms with E-state index in [0.717, 1.165) is 16.5 Å². The van der Waals surface area contributed by atoms with Crippen molar-refractivity contribution in [3.05, 3.63) is 118 Å². The number of esters is 1. The molecule has 3 aromatic carbocycles. The summed E-state index contributed by atoms with van der Waals surface area (Å²) in [5.74, 6) is 0.982. The van der Waals surface area contributed by atoms with Crippen molar-refractivity contribution < 1.29 is 23.7 Å². The Kier molecular flexibility index (Phi) is 10.4. The summed E-state index contributed by atoms with van der Waals surface area (Å²) in [6, 6.07) is 19.5. The number of allylic oxidation sites excluding steroid dienone is 1. The predicted molar refractivity (Wildman–Crippen MR) is 179 cm³/mol. The van der Waals surface area contributed by atoms with E-state index < -0.39 is 12.0 Å². The van der Waals surface area contributed by atoms with Gasteiger partial charge in [-0.15, -0.1) is 0 Å². The molecular weight excluding hydrogens is 670 g/mol. The number of carbonyl (C=O) groups excluding carboxylic acids is 1. The number of benzene rings is 3. The molecular formula is C35H32BrN3O6S. The minimum absolute atomic E-state index is 0.181. The van der Waals surface area contributed by atoms with Crippen molar-refractivity contribution in [1.29, 1.82) is 5.26 Å². The van der Waals surface area contributed by atoms with Gasteiger partial charge in [-0.1, -0.05) is 64.9 Å². The third kappa shape index (κ3) is 6.64. The van der Waals surface area contributed by atoms with Crippen LogP contribution >= 0.6 is 27.3 Å². The van der Waals surface area contributed by atoms with E-state index in [0.29, 0.717) is 61.0 Å². The molecule has 0 spiro atoms. The summed E-state index contributed by atoms with van der Waals surface area (Å²) in [6.45, 7) is 4.14. The molecule has 5 rings (SSSR count). The number of nitrogens with zero attached hydrogens (tertiary/aromatic N) is 3. The van der Waals surface area contributed by atoms with E-state index in [1.54, 1.807) is 62.1 Å². The molecule has 0 saturated carbocycles. The first-order valence-electron chi connectivity index (χ1n) is 14.7. The second kappa shape index (κ2) is 14.6. The molecule has 0 radical (unpaired) electrons. The zero-order chi connectivity index (χ0) is 32.8. The summed E-state index contributed by atoms with van der Waals surface area (Å²) < 4.78 is 25.6. The summed E-state index contributed by atoms with van der Waals surface area (Å²) in [5, 5.41) is 9.40. The Morgan fingerprint density at radius 3 is 2.54 bits per heavy atom. The first-order chi connectivity index (χ1) is 22.3. The van der Waals surface area contributed by atoms with Crippen LogP contribution in [-0.4, -0.2) is 31.4 Å². The third-order valence-electron chi connectivity index (χ3n) is 7.38. The highest BCUT2D eigenvalue weighted by atomic mass is 79.9. The van der Waals surface area contributed by atoms with Gasteiger partial charge in [-0.25, -0.2) is 9.79 Å². The van der Waals surface area contributed by atoms with Gasteiger partial charge in [0.2, 0.25) is 0 Å². The molecule has 46 heavy (non-hydrogen) atoms. The first kappa shape index (κ1) is 32.7. The Bertz CT molecular complexity index is 2040. The number of carbonyl (C=O) groups is 1. The van der Waals surface area contributed by atoms with Crippen molar-refractivity contribution in [1.82, 2.24) is 4.57 Å². The van der Waals surface area contributed by atoms with Crippen LogP contribution < -0.4 is 29.1 Å². The number of aromatic nitrogens is 1. The quantitative estimate of drug-likeness (QED) is 0.182. The van der Waals surface area contributed by atoms with Crippen molar-refractivity contribution >= 4 is 39.3 Å². The van der Waals surface area contributed by atoms with E-state index in [1.807, 2.05) is 37.3 Å². The van der Waals surface area contributed by atoms with Crippen LogP contribution in [0.25, 0.3) is 6.08 Å². The fraction of sp³-hybridized carbons (Fsp3) is 0.257. The number of halogens is 1. The lowest BCUT2D eigenvalue weighted by Gasteiger charge is -2.27. The lowest BCUT2D eigenvalue weighted by molar-refractivity contribution is -0.139. The highest BCUT2D eigenvalue weighted by molar-refractivity contribution is 9.10. The number of hydrogen-bond acceptors (Lipinski definition) is 9. The molecule has 2 heterocycles. The van der Waals surface area contributed by atoms with Gasteiger partial charge >= 0.3 is 5.97 Å². The van der Waals surface area contributed by atoms with Crippen molar-refractivity contribution in [3.63, 3.8) is 0 Å². The average molecular weight is 703 g/mol. The molecule has 11 heteroatoms. The molecule has 1 aliphatic rings. The maximum Gasteiger partial charge on any atom is 0.338 e. The van der Waals surface area contributed by atoms with E-state index >= 15 is 0 Å². The molecule has 9 nitrogen and oxygen atoms in total. The predicted octanol–water partition coefficient (Wildman–Crippen LogP) is 5.81. The maximum atomic E-state index is 14.2. The number of rotatable bonds is 11. The molecule has 0 N–H and O–H groups in total. The van der Waals surface area contributed by atoms with Gasteiger partial charge in [0.1, 0.15) is 18.4 Å². The van der Waals surface area contributed by atoms with Gasteiger partial charge in [-0.05, 0) is 61.4 Å². The lowest BCUT2D eigenvalue weighted by Crippen LogP contribution is -2.40. The third-order valence-corrected chi connectivity index (χ3v) is 8.86. The van der Waals surface area contributed by atoms with Crippen LogP contribution in [0.15, 0.2) is 86.2 Å². The fourth-order valence-electron chi connectivity index (χ4n) is 5.29. The van der Waals surface area contributed by atoms with Crippen LogP contribution in [0.2, 0.25) is 0 Å². The van der Waals surface area contributed by atoms with Gasteiger partial charge in [-0.2, -0.15) is 5.26 Å². The smallest absolute Gasteiger partial charge is 0.338 e. The standard InChI is InChI=1S/C35H32BrN3O6S/c1-5-9-26-31(34(41)44-6-2)32(25-18-24(36)13-15-27(25)42-3)39-33(40)30(46-35(39)38-26)17-21-12-14-28(29(16-21)43-4)45-20-23-11-8-7-10-22(23)19-37/h7-8,10-18,32H,5-6,9,20H2,1-4H3/b30-17+/t32-/m0/s1. The zero-order valence-corrected chi connectivity index (χ0v) is 28.2. The van der Waals surface area contributed by atoms with Gasteiger partial charge < -0.3 is 18.9 Å². The van der Waals surface area contributed by atoms with E-state index in [9.17, 15) is 14.9 Å². The first-order valence-corrected chi connectivity index (χ1v) is 16.3. The monoisotopic (exact) mass is 701 g/mol. The maximum absolute atomic E-state index is 14.2. The zero-order valence-electron chi connectivity index (χ0n) is 25.8. The minimum atomic E-state index is -0.812. The van der Waals surface area contributed by atoms with Crippen LogP contribution in [0.5, 0.6) is 17.2 Å². The molecule has 0 aliphatic carbocycles. The van der Waals surface area contributed by atoms with E-state index in [2.05, 4.69) is 22.0 Å². The topological polar surface area (TPSA) is 112 Å². The number of fused-ring (bicyclic) bond motifs is 1. The molecule has 236 valence electrons. The summed E-state index contributed by atoms with van der Waals surface area (Å²) in [7, 11) is 3.10. The highest BCUT2D eigenvalue weighted by Crippen LogP contribution is 2.38. The SMILES string of the molecule is CCCC1=C(C(=O)OCC)[C@H](c2cc(Br)ccc2OC)n2c(s/c(=C/c3ccc(OCc4ccccc4C#N)c(OC)c3)c2=O)=N1. The van der Waals surface area contributed by atoms with Crippen molar-refractivity contribution in [3.8, 4) is 23.3 Å². The Balaban J connectivity index is 1.62. The second-order valence-electron chi connectivity index (χ2n) is 10.3. The fourth-order valence-corrected chi connectivity index (χ4v) is 6.69. The molecule has 1 aliphatic heterocycles. The average Bonchev–Trinajstić information content (AvgIpc) is 3.37. The Morgan fingerprint density at radius 1 is 1.07 bits per heavy atom. The van der Waals surface area contributed by atoms with E-state index in [1.165, 1.54) is 11.3 Å². The van der Waals surface area contributed by atoms with E-state index in [-0.39, 0.29) is 18.8 Å². The summed E-state index contributed by atoms with van der Waals surface area (Å²) >= 11 is 4.79.